The monoisotopic (exact) mass is 498 g/mol. The number of Topliss-reactive ketones (excluding diaryl/α,β-unsaturated/α-hetero) is 1. The standard InChI is InChI=1S/C26H38N6O4/c1-17(2)14-20(28-25(35)18-4-6-19(27)7-5-18)26(36)31-9-8-21-24(31)22(33)15-32(21)23(34)16-30-12-10-29(3)11-13-30/h4-7,17,20-21,24H,8-16,27H2,1-3H3,(H,28,35). The highest BCUT2D eigenvalue weighted by Gasteiger charge is 2.52. The normalized spacial score (nSPS) is 23.7. The molecule has 10 nitrogen and oxygen atoms in total. The van der Waals surface area contributed by atoms with E-state index in [4.69, 9.17) is 5.73 Å². The van der Waals surface area contributed by atoms with Crippen molar-refractivity contribution >= 4 is 29.2 Å². The largest absolute Gasteiger partial charge is 0.399 e. The van der Waals surface area contributed by atoms with Crippen LogP contribution in [0.2, 0.25) is 0 Å². The van der Waals surface area contributed by atoms with Crippen LogP contribution in [0.25, 0.3) is 0 Å². The van der Waals surface area contributed by atoms with Gasteiger partial charge in [0.05, 0.1) is 19.1 Å². The van der Waals surface area contributed by atoms with E-state index in [-0.39, 0.29) is 42.0 Å². The number of likely N-dealkylation sites (tertiary alicyclic amines) is 2. The summed E-state index contributed by atoms with van der Waals surface area (Å²) in [5.41, 5.74) is 6.69. The summed E-state index contributed by atoms with van der Waals surface area (Å²) in [4.78, 5) is 60.3. The first-order chi connectivity index (χ1) is 17.1. The zero-order valence-corrected chi connectivity index (χ0v) is 21.5. The van der Waals surface area contributed by atoms with Gasteiger partial charge in [-0.2, -0.15) is 0 Å². The van der Waals surface area contributed by atoms with Crippen LogP contribution in [0.5, 0.6) is 0 Å². The van der Waals surface area contributed by atoms with Crippen LogP contribution in [0, 0.1) is 5.92 Å². The van der Waals surface area contributed by atoms with Gasteiger partial charge in [0, 0.05) is 44.0 Å². The number of hydrogen-bond donors (Lipinski definition) is 2. The molecule has 3 N–H and O–H groups in total. The van der Waals surface area contributed by atoms with Crippen LogP contribution in [0.3, 0.4) is 0 Å². The van der Waals surface area contributed by atoms with Crippen LogP contribution >= 0.6 is 0 Å². The highest BCUT2D eigenvalue weighted by Crippen LogP contribution is 2.31. The van der Waals surface area contributed by atoms with E-state index in [1.807, 2.05) is 13.8 Å². The van der Waals surface area contributed by atoms with Crippen LogP contribution in [0.1, 0.15) is 37.0 Å². The molecule has 10 heteroatoms. The van der Waals surface area contributed by atoms with Crippen molar-refractivity contribution < 1.29 is 19.2 Å². The number of rotatable bonds is 7. The first kappa shape index (κ1) is 26.1. The lowest BCUT2D eigenvalue weighted by Crippen LogP contribution is -2.53. The van der Waals surface area contributed by atoms with E-state index >= 15 is 0 Å². The molecule has 0 saturated carbocycles. The van der Waals surface area contributed by atoms with E-state index in [1.165, 1.54) is 0 Å². The Morgan fingerprint density at radius 2 is 1.69 bits per heavy atom. The summed E-state index contributed by atoms with van der Waals surface area (Å²) in [7, 11) is 2.07. The molecule has 3 aliphatic rings. The van der Waals surface area contributed by atoms with Crippen LogP contribution in [0.4, 0.5) is 5.69 Å². The second-order valence-corrected chi connectivity index (χ2v) is 10.7. The third-order valence-electron chi connectivity index (χ3n) is 7.46. The van der Waals surface area contributed by atoms with Crippen molar-refractivity contribution in [3.63, 3.8) is 0 Å². The summed E-state index contributed by atoms with van der Waals surface area (Å²) in [5.74, 6) is -0.617. The predicted molar refractivity (Wildman–Crippen MR) is 136 cm³/mol. The average Bonchev–Trinajstić information content (AvgIpc) is 3.41. The Morgan fingerprint density at radius 1 is 1.03 bits per heavy atom. The maximum atomic E-state index is 13.6. The number of ketones is 1. The highest BCUT2D eigenvalue weighted by atomic mass is 16.2. The number of hydrogen-bond acceptors (Lipinski definition) is 7. The summed E-state index contributed by atoms with van der Waals surface area (Å²) in [5, 5.41) is 2.87. The Kier molecular flexibility index (Phi) is 7.94. The van der Waals surface area contributed by atoms with Crippen molar-refractivity contribution in [2.45, 2.75) is 44.8 Å². The number of benzene rings is 1. The maximum Gasteiger partial charge on any atom is 0.251 e. The van der Waals surface area contributed by atoms with Crippen molar-refractivity contribution in [3.8, 4) is 0 Å². The lowest BCUT2D eigenvalue weighted by atomic mass is 10.0. The fourth-order valence-corrected chi connectivity index (χ4v) is 5.45. The number of piperazine rings is 1. The number of anilines is 1. The second kappa shape index (κ2) is 11.0. The molecule has 3 amide bonds. The van der Waals surface area contributed by atoms with Crippen molar-refractivity contribution in [3.05, 3.63) is 29.8 Å². The molecule has 3 fully saturated rings. The average molecular weight is 499 g/mol. The molecule has 4 rings (SSSR count). The maximum absolute atomic E-state index is 13.6. The number of nitrogens with zero attached hydrogens (tertiary/aromatic N) is 4. The molecule has 3 heterocycles. The fourth-order valence-electron chi connectivity index (χ4n) is 5.45. The minimum absolute atomic E-state index is 0.0400. The molecule has 3 aliphatic heterocycles. The van der Waals surface area contributed by atoms with Gasteiger partial charge in [-0.25, -0.2) is 0 Å². The van der Waals surface area contributed by atoms with Gasteiger partial charge in [0.1, 0.15) is 12.1 Å². The summed E-state index contributed by atoms with van der Waals surface area (Å²) < 4.78 is 0. The molecule has 1 aromatic carbocycles. The molecule has 0 bridgehead atoms. The van der Waals surface area contributed by atoms with Crippen LogP contribution < -0.4 is 11.1 Å². The van der Waals surface area contributed by atoms with Gasteiger partial charge in [-0.3, -0.25) is 24.1 Å². The Bertz CT molecular complexity index is 989. The number of nitrogens with one attached hydrogen (secondary N) is 1. The number of amides is 3. The topological polar surface area (TPSA) is 119 Å². The van der Waals surface area contributed by atoms with Gasteiger partial charge >= 0.3 is 0 Å². The minimum Gasteiger partial charge on any atom is -0.399 e. The van der Waals surface area contributed by atoms with E-state index in [9.17, 15) is 19.2 Å². The van der Waals surface area contributed by atoms with Gasteiger partial charge in [0.2, 0.25) is 11.8 Å². The third kappa shape index (κ3) is 5.70. The Hall–Kier alpha value is -2.98. The summed E-state index contributed by atoms with van der Waals surface area (Å²) in [6.07, 6.45) is 1.02. The number of likely N-dealkylation sites (N-methyl/N-ethyl adjacent to an activating group) is 1. The molecule has 36 heavy (non-hydrogen) atoms. The minimum atomic E-state index is -0.753. The molecule has 0 radical (unpaired) electrons. The quantitative estimate of drug-likeness (QED) is 0.510. The van der Waals surface area contributed by atoms with Crippen LogP contribution in [-0.2, 0) is 14.4 Å². The lowest BCUT2D eigenvalue weighted by molar-refractivity contribution is -0.138. The van der Waals surface area contributed by atoms with Crippen molar-refractivity contribution in [2.75, 3.05) is 58.6 Å². The van der Waals surface area contributed by atoms with Gasteiger partial charge in [-0.05, 0) is 50.1 Å². The molecule has 0 aromatic heterocycles. The number of nitrogens with two attached hydrogens (primary N) is 1. The first-order valence-corrected chi connectivity index (χ1v) is 12.8. The third-order valence-corrected chi connectivity index (χ3v) is 7.46. The van der Waals surface area contributed by atoms with E-state index in [0.29, 0.717) is 37.2 Å². The molecule has 1 aromatic rings. The van der Waals surface area contributed by atoms with Crippen molar-refractivity contribution in [1.82, 2.24) is 24.9 Å². The van der Waals surface area contributed by atoms with Gasteiger partial charge in [0.15, 0.2) is 5.78 Å². The van der Waals surface area contributed by atoms with E-state index in [2.05, 4.69) is 22.2 Å². The van der Waals surface area contributed by atoms with Crippen LogP contribution in [0.15, 0.2) is 24.3 Å². The van der Waals surface area contributed by atoms with Crippen molar-refractivity contribution in [1.29, 1.82) is 0 Å². The summed E-state index contributed by atoms with van der Waals surface area (Å²) in [6, 6.07) is 4.84. The van der Waals surface area contributed by atoms with E-state index < -0.39 is 12.1 Å². The molecule has 0 spiro atoms. The molecule has 0 aliphatic carbocycles. The molecular weight excluding hydrogens is 460 g/mol. The molecule has 3 saturated heterocycles. The van der Waals surface area contributed by atoms with Crippen molar-refractivity contribution in [2.24, 2.45) is 5.92 Å². The smallest absolute Gasteiger partial charge is 0.251 e. The second-order valence-electron chi connectivity index (χ2n) is 10.7. The molecule has 196 valence electrons. The molecular formula is C26H38N6O4. The van der Waals surface area contributed by atoms with E-state index in [1.54, 1.807) is 34.1 Å². The molecule has 3 unspecified atom stereocenters. The fraction of sp³-hybridized carbons (Fsp3) is 0.615. The zero-order valence-electron chi connectivity index (χ0n) is 21.5. The predicted octanol–water partition coefficient (Wildman–Crippen LogP) is 0.0415. The highest BCUT2D eigenvalue weighted by molar-refractivity contribution is 6.01. The zero-order chi connectivity index (χ0) is 26.0. The Balaban J connectivity index is 1.43. The van der Waals surface area contributed by atoms with Gasteiger partial charge in [0.25, 0.3) is 5.91 Å². The Morgan fingerprint density at radius 3 is 2.33 bits per heavy atom. The van der Waals surface area contributed by atoms with Crippen LogP contribution in [-0.4, -0.2) is 114 Å². The molecule has 3 atom stereocenters. The summed E-state index contributed by atoms with van der Waals surface area (Å²) >= 11 is 0. The Labute approximate surface area is 212 Å². The van der Waals surface area contributed by atoms with Gasteiger partial charge < -0.3 is 25.8 Å². The van der Waals surface area contributed by atoms with E-state index in [0.717, 1.165) is 26.2 Å². The first-order valence-electron chi connectivity index (χ1n) is 12.8. The number of nitrogen functional groups attached to an aromatic ring is 1. The lowest BCUT2D eigenvalue weighted by Gasteiger charge is -2.33. The number of fused-ring (bicyclic) bond motifs is 1. The summed E-state index contributed by atoms with van der Waals surface area (Å²) in [6.45, 7) is 8.19. The van der Waals surface area contributed by atoms with Gasteiger partial charge in [-0.1, -0.05) is 13.8 Å². The number of carbonyl (C=O) groups excluding carboxylic acids is 4. The number of carbonyl (C=O) groups is 4. The SMILES string of the molecule is CC(C)CC(NC(=O)c1ccc(N)cc1)C(=O)N1CCC2C1C(=O)CN2C(=O)CN1CCN(C)CC1. The van der Waals surface area contributed by atoms with Gasteiger partial charge in [-0.15, -0.1) is 0 Å².